The van der Waals surface area contributed by atoms with Crippen molar-refractivity contribution in [3.63, 3.8) is 0 Å². The highest BCUT2D eigenvalue weighted by Crippen LogP contribution is 2.37. The lowest BCUT2D eigenvalue weighted by molar-refractivity contribution is 0.921. The molecule has 0 aliphatic carbocycles. The summed E-state index contributed by atoms with van der Waals surface area (Å²) >= 11 is 1.74. The van der Waals surface area contributed by atoms with E-state index in [2.05, 4.69) is 49.8 Å². The molecular weight excluding hydrogens is 304 g/mol. The maximum atomic E-state index is 12.2. The van der Waals surface area contributed by atoms with Gasteiger partial charge in [0.15, 0.2) is 0 Å². The Bertz CT molecular complexity index is 907. The van der Waals surface area contributed by atoms with Crippen LogP contribution in [0, 0.1) is 20.8 Å². The predicted octanol–water partition coefficient (Wildman–Crippen LogP) is 4.70. The van der Waals surface area contributed by atoms with Gasteiger partial charge in [0, 0.05) is 4.90 Å². The van der Waals surface area contributed by atoms with E-state index in [0.29, 0.717) is 5.39 Å². The number of aromatic nitrogens is 2. The van der Waals surface area contributed by atoms with Gasteiger partial charge in [0.05, 0.1) is 16.2 Å². The summed E-state index contributed by atoms with van der Waals surface area (Å²) in [6, 6.07) is 11.8. The fourth-order valence-electron chi connectivity index (χ4n) is 2.88. The van der Waals surface area contributed by atoms with Gasteiger partial charge in [-0.15, -0.1) is 11.8 Å². The second-order valence-electron chi connectivity index (χ2n) is 5.96. The molecule has 0 bridgehead atoms. The maximum Gasteiger partial charge on any atom is 0.258 e. The third-order valence-electron chi connectivity index (χ3n) is 3.92. The lowest BCUT2D eigenvalue weighted by Crippen LogP contribution is -2.12. The molecule has 3 rings (SSSR count). The standard InChI is InChI=1S/C19H20N2OS/c1-11-9-12(2)17(13(3)10-11)23-14(4)18-20-16-8-6-5-7-15(16)19(22)21-18/h5-10,14H,1-4H3,(H,20,21,22)/t14-/m1/s1. The Morgan fingerprint density at radius 1 is 1.09 bits per heavy atom. The van der Waals surface area contributed by atoms with Gasteiger partial charge in [-0.25, -0.2) is 4.98 Å². The minimum atomic E-state index is -0.0737. The fraction of sp³-hybridized carbons (Fsp3) is 0.263. The van der Waals surface area contributed by atoms with Gasteiger partial charge in [-0.05, 0) is 51.0 Å². The maximum absolute atomic E-state index is 12.2. The summed E-state index contributed by atoms with van der Waals surface area (Å²) < 4.78 is 0. The first-order valence-electron chi connectivity index (χ1n) is 7.69. The molecule has 0 aliphatic rings. The Hall–Kier alpha value is -2.07. The van der Waals surface area contributed by atoms with Crippen LogP contribution in [-0.2, 0) is 0 Å². The highest BCUT2D eigenvalue weighted by atomic mass is 32.2. The SMILES string of the molecule is Cc1cc(C)c(S[C@H](C)c2nc3ccccc3c(=O)[nH]2)c(C)c1. The number of aryl methyl sites for hydroxylation is 3. The third-order valence-corrected chi connectivity index (χ3v) is 5.37. The minimum Gasteiger partial charge on any atom is -0.309 e. The van der Waals surface area contributed by atoms with Crippen molar-refractivity contribution < 1.29 is 0 Å². The number of thioether (sulfide) groups is 1. The fourth-order valence-corrected chi connectivity index (χ4v) is 3.95. The number of fused-ring (bicyclic) bond motifs is 1. The Balaban J connectivity index is 1.98. The quantitative estimate of drug-likeness (QED) is 0.710. The number of para-hydroxylation sites is 1. The Kier molecular flexibility index (Phi) is 4.26. The number of rotatable bonds is 3. The van der Waals surface area contributed by atoms with Crippen molar-refractivity contribution in [2.24, 2.45) is 0 Å². The van der Waals surface area contributed by atoms with E-state index in [1.807, 2.05) is 18.2 Å². The van der Waals surface area contributed by atoms with E-state index in [9.17, 15) is 4.79 Å². The number of nitrogens with one attached hydrogen (secondary N) is 1. The van der Waals surface area contributed by atoms with E-state index in [-0.39, 0.29) is 10.8 Å². The molecule has 3 nitrogen and oxygen atoms in total. The number of benzene rings is 2. The normalized spacial score (nSPS) is 12.5. The molecule has 0 saturated heterocycles. The summed E-state index contributed by atoms with van der Waals surface area (Å²) in [4.78, 5) is 21.1. The highest BCUT2D eigenvalue weighted by molar-refractivity contribution is 7.99. The summed E-state index contributed by atoms with van der Waals surface area (Å²) in [5.74, 6) is 0.720. The molecule has 0 saturated carbocycles. The van der Waals surface area contributed by atoms with Crippen LogP contribution < -0.4 is 5.56 Å². The third kappa shape index (κ3) is 3.17. The van der Waals surface area contributed by atoms with Gasteiger partial charge < -0.3 is 4.98 Å². The lowest BCUT2D eigenvalue weighted by Gasteiger charge is -2.16. The molecule has 1 N–H and O–H groups in total. The number of aromatic amines is 1. The van der Waals surface area contributed by atoms with E-state index < -0.39 is 0 Å². The zero-order valence-corrected chi connectivity index (χ0v) is 14.6. The molecule has 0 radical (unpaired) electrons. The van der Waals surface area contributed by atoms with Crippen LogP contribution in [-0.4, -0.2) is 9.97 Å². The summed E-state index contributed by atoms with van der Waals surface area (Å²) in [6.07, 6.45) is 0. The molecule has 0 spiro atoms. The second-order valence-corrected chi connectivity index (χ2v) is 7.31. The van der Waals surface area contributed by atoms with Crippen molar-refractivity contribution in [3.05, 3.63) is 69.3 Å². The van der Waals surface area contributed by atoms with Gasteiger partial charge in [-0.2, -0.15) is 0 Å². The first-order valence-corrected chi connectivity index (χ1v) is 8.57. The number of hydrogen-bond donors (Lipinski definition) is 1. The first kappa shape index (κ1) is 15.8. The van der Waals surface area contributed by atoms with Crippen molar-refractivity contribution in [1.29, 1.82) is 0 Å². The summed E-state index contributed by atoms with van der Waals surface area (Å²) in [6.45, 7) is 8.45. The van der Waals surface area contributed by atoms with Crippen molar-refractivity contribution >= 4 is 22.7 Å². The molecule has 4 heteroatoms. The average molecular weight is 324 g/mol. The average Bonchev–Trinajstić information content (AvgIpc) is 2.50. The summed E-state index contributed by atoms with van der Waals surface area (Å²) in [7, 11) is 0. The van der Waals surface area contributed by atoms with Crippen molar-refractivity contribution in [2.45, 2.75) is 37.8 Å². The van der Waals surface area contributed by atoms with Crippen LogP contribution in [0.2, 0.25) is 0 Å². The monoisotopic (exact) mass is 324 g/mol. The van der Waals surface area contributed by atoms with Crippen molar-refractivity contribution in [1.82, 2.24) is 9.97 Å². The Labute approximate surface area is 140 Å². The first-order chi connectivity index (χ1) is 11.0. The predicted molar refractivity (Wildman–Crippen MR) is 97.3 cm³/mol. The van der Waals surface area contributed by atoms with Gasteiger partial charge in [-0.3, -0.25) is 4.79 Å². The van der Waals surface area contributed by atoms with Gasteiger partial charge in [0.1, 0.15) is 5.82 Å². The summed E-state index contributed by atoms with van der Waals surface area (Å²) in [5.41, 5.74) is 4.48. The smallest absolute Gasteiger partial charge is 0.258 e. The Morgan fingerprint density at radius 2 is 1.74 bits per heavy atom. The van der Waals surface area contributed by atoms with E-state index in [0.717, 1.165) is 11.3 Å². The Morgan fingerprint density at radius 3 is 2.43 bits per heavy atom. The van der Waals surface area contributed by atoms with E-state index in [4.69, 9.17) is 0 Å². The van der Waals surface area contributed by atoms with Crippen molar-refractivity contribution in [3.8, 4) is 0 Å². The number of hydrogen-bond acceptors (Lipinski definition) is 3. The zero-order chi connectivity index (χ0) is 16.6. The van der Waals surface area contributed by atoms with Crippen LogP contribution in [0.1, 0.15) is 34.7 Å². The molecule has 2 aromatic carbocycles. The molecule has 1 aromatic heterocycles. The molecular formula is C19H20N2OS. The number of H-pyrrole nitrogens is 1. The molecule has 1 heterocycles. The molecule has 118 valence electrons. The molecule has 1 atom stereocenters. The van der Waals surface area contributed by atoms with E-state index in [1.54, 1.807) is 17.8 Å². The molecule has 0 aliphatic heterocycles. The largest absolute Gasteiger partial charge is 0.309 e. The van der Waals surface area contributed by atoms with Crippen molar-refractivity contribution in [2.75, 3.05) is 0 Å². The van der Waals surface area contributed by atoms with E-state index >= 15 is 0 Å². The molecule has 0 amide bonds. The zero-order valence-electron chi connectivity index (χ0n) is 13.8. The lowest BCUT2D eigenvalue weighted by atomic mass is 10.1. The van der Waals surface area contributed by atoms with E-state index in [1.165, 1.54) is 21.6 Å². The van der Waals surface area contributed by atoms with Crippen LogP contribution in [0.15, 0.2) is 46.1 Å². The number of nitrogens with zero attached hydrogens (tertiary/aromatic N) is 1. The van der Waals surface area contributed by atoms with Crippen LogP contribution in [0.25, 0.3) is 10.9 Å². The molecule has 3 aromatic rings. The molecule has 0 unspecified atom stereocenters. The highest BCUT2D eigenvalue weighted by Gasteiger charge is 2.15. The van der Waals surface area contributed by atoms with Gasteiger partial charge in [0.2, 0.25) is 0 Å². The van der Waals surface area contributed by atoms with Crippen LogP contribution in [0.3, 0.4) is 0 Å². The van der Waals surface area contributed by atoms with Gasteiger partial charge >= 0.3 is 0 Å². The van der Waals surface area contributed by atoms with Crippen LogP contribution >= 0.6 is 11.8 Å². The van der Waals surface area contributed by atoms with Gasteiger partial charge in [0.25, 0.3) is 5.56 Å². The topological polar surface area (TPSA) is 45.8 Å². The summed E-state index contributed by atoms with van der Waals surface area (Å²) in [5, 5.41) is 0.712. The van der Waals surface area contributed by atoms with Gasteiger partial charge in [-0.1, -0.05) is 29.8 Å². The van der Waals surface area contributed by atoms with Crippen LogP contribution in [0.5, 0.6) is 0 Å². The molecule has 0 fully saturated rings. The second kappa shape index (κ2) is 6.20. The van der Waals surface area contributed by atoms with Crippen LogP contribution in [0.4, 0.5) is 0 Å². The molecule has 23 heavy (non-hydrogen) atoms. The minimum absolute atomic E-state index is 0.0737.